The van der Waals surface area contributed by atoms with Crippen molar-refractivity contribution < 1.29 is 18.3 Å². The van der Waals surface area contributed by atoms with Gasteiger partial charge in [0.05, 0.1) is 18.7 Å². The number of aliphatic carboxylic acids is 1. The van der Waals surface area contributed by atoms with E-state index in [1.165, 1.54) is 4.31 Å². The molecular weight excluding hydrogens is 292 g/mol. The van der Waals surface area contributed by atoms with Crippen LogP contribution in [0.4, 0.5) is 5.69 Å². The molecule has 0 spiro atoms. The zero-order valence-electron chi connectivity index (χ0n) is 12.1. The van der Waals surface area contributed by atoms with E-state index in [1.54, 1.807) is 0 Å². The Kier molecular flexibility index (Phi) is 4.53. The first-order valence-corrected chi connectivity index (χ1v) is 8.64. The number of sulfonamides is 1. The van der Waals surface area contributed by atoms with Crippen molar-refractivity contribution in [2.24, 2.45) is 0 Å². The van der Waals surface area contributed by atoms with Crippen LogP contribution in [0.25, 0.3) is 0 Å². The molecule has 1 N–H and O–H groups in total. The Bertz CT molecular complexity index is 603. The molecule has 2 rings (SSSR count). The number of para-hydroxylation sites is 1. The first-order chi connectivity index (χ1) is 9.79. The number of carbonyl (C=O) groups is 1. The van der Waals surface area contributed by atoms with Crippen LogP contribution in [0.3, 0.4) is 0 Å². The van der Waals surface area contributed by atoms with Gasteiger partial charge in [0.2, 0.25) is 10.0 Å². The van der Waals surface area contributed by atoms with E-state index in [1.807, 2.05) is 42.2 Å². The first-order valence-electron chi connectivity index (χ1n) is 6.79. The SMILES string of the molecule is C[C@H]1CN(c2ccccc2)C[C@H](CC(=O)O)N1S(C)(=O)=O. The van der Waals surface area contributed by atoms with Crippen LogP contribution in [-0.2, 0) is 14.8 Å². The molecule has 0 saturated carbocycles. The molecule has 0 aromatic heterocycles. The van der Waals surface area contributed by atoms with Gasteiger partial charge in [0, 0.05) is 24.8 Å². The van der Waals surface area contributed by atoms with Crippen LogP contribution in [0.15, 0.2) is 30.3 Å². The normalized spacial score (nSPS) is 24.0. The lowest BCUT2D eigenvalue weighted by Gasteiger charge is -2.44. The average molecular weight is 312 g/mol. The molecule has 1 saturated heterocycles. The lowest BCUT2D eigenvalue weighted by Crippen LogP contribution is -2.59. The molecule has 1 fully saturated rings. The number of rotatable bonds is 4. The fourth-order valence-corrected chi connectivity index (χ4v) is 4.38. The fraction of sp³-hybridized carbons (Fsp3) is 0.500. The lowest BCUT2D eigenvalue weighted by molar-refractivity contribution is -0.138. The summed E-state index contributed by atoms with van der Waals surface area (Å²) in [6.45, 7) is 2.74. The fourth-order valence-electron chi connectivity index (χ4n) is 2.97. The Labute approximate surface area is 125 Å². The molecule has 0 bridgehead atoms. The second-order valence-electron chi connectivity index (χ2n) is 5.43. The smallest absolute Gasteiger partial charge is 0.305 e. The number of nitrogens with zero attached hydrogens (tertiary/aromatic N) is 2. The highest BCUT2D eigenvalue weighted by atomic mass is 32.2. The van der Waals surface area contributed by atoms with Gasteiger partial charge in [-0.3, -0.25) is 4.79 Å². The van der Waals surface area contributed by atoms with Crippen LogP contribution in [0.5, 0.6) is 0 Å². The maximum Gasteiger partial charge on any atom is 0.305 e. The van der Waals surface area contributed by atoms with Crippen molar-refractivity contribution in [1.82, 2.24) is 4.31 Å². The second-order valence-corrected chi connectivity index (χ2v) is 7.32. The first kappa shape index (κ1) is 15.8. The van der Waals surface area contributed by atoms with E-state index in [0.29, 0.717) is 13.1 Å². The largest absolute Gasteiger partial charge is 0.481 e. The predicted octanol–water partition coefficient (Wildman–Crippen LogP) is 1.00. The summed E-state index contributed by atoms with van der Waals surface area (Å²) in [5, 5.41) is 9.05. The average Bonchev–Trinajstić information content (AvgIpc) is 2.36. The van der Waals surface area contributed by atoms with Crippen molar-refractivity contribution in [2.45, 2.75) is 25.4 Å². The number of hydrogen-bond donors (Lipinski definition) is 1. The summed E-state index contributed by atoms with van der Waals surface area (Å²) in [7, 11) is -3.43. The van der Waals surface area contributed by atoms with Crippen LogP contribution < -0.4 is 4.90 Å². The van der Waals surface area contributed by atoms with Gasteiger partial charge in [-0.05, 0) is 19.1 Å². The Hall–Kier alpha value is -1.60. The molecule has 7 heteroatoms. The van der Waals surface area contributed by atoms with E-state index in [0.717, 1.165) is 11.9 Å². The third-order valence-electron chi connectivity index (χ3n) is 3.62. The standard InChI is InChI=1S/C14H20N2O4S/c1-11-9-15(12-6-4-3-5-7-12)10-13(8-14(17)18)16(11)21(2,19)20/h3-7,11,13H,8-10H2,1-2H3,(H,17,18)/t11-,13-/m0/s1. The number of carboxylic acid groups (broad SMARTS) is 1. The number of piperazine rings is 1. The molecule has 21 heavy (non-hydrogen) atoms. The molecule has 1 aliphatic heterocycles. The number of benzene rings is 1. The minimum atomic E-state index is -3.43. The van der Waals surface area contributed by atoms with Gasteiger partial charge in [0.25, 0.3) is 0 Å². The minimum absolute atomic E-state index is 0.194. The van der Waals surface area contributed by atoms with Crippen molar-refractivity contribution in [2.75, 3.05) is 24.2 Å². The molecule has 1 aromatic carbocycles. The molecule has 1 aromatic rings. The Balaban J connectivity index is 2.28. The van der Waals surface area contributed by atoms with Crippen LogP contribution in [0.2, 0.25) is 0 Å². The Morgan fingerprint density at radius 2 is 1.90 bits per heavy atom. The van der Waals surface area contributed by atoms with Gasteiger partial charge in [0.1, 0.15) is 0 Å². The highest BCUT2D eigenvalue weighted by molar-refractivity contribution is 7.88. The van der Waals surface area contributed by atoms with Gasteiger partial charge in [0.15, 0.2) is 0 Å². The van der Waals surface area contributed by atoms with Crippen LogP contribution in [0, 0.1) is 0 Å². The number of hydrogen-bond acceptors (Lipinski definition) is 4. The van der Waals surface area contributed by atoms with E-state index in [-0.39, 0.29) is 12.5 Å². The lowest BCUT2D eigenvalue weighted by atomic mass is 10.1. The molecule has 1 heterocycles. The summed E-state index contributed by atoms with van der Waals surface area (Å²) in [6, 6.07) is 8.81. The molecular formula is C14H20N2O4S. The summed E-state index contributed by atoms with van der Waals surface area (Å²) >= 11 is 0. The van der Waals surface area contributed by atoms with Crippen molar-refractivity contribution in [3.05, 3.63) is 30.3 Å². The predicted molar refractivity (Wildman–Crippen MR) is 80.8 cm³/mol. The summed E-state index contributed by atoms with van der Waals surface area (Å²) in [4.78, 5) is 13.1. The van der Waals surface area contributed by atoms with E-state index in [2.05, 4.69) is 0 Å². The molecule has 0 amide bonds. The maximum atomic E-state index is 11.9. The summed E-state index contributed by atoms with van der Waals surface area (Å²) in [6.07, 6.45) is 0.942. The third-order valence-corrected chi connectivity index (χ3v) is 5.05. The van der Waals surface area contributed by atoms with Gasteiger partial charge in [-0.25, -0.2) is 8.42 Å². The monoisotopic (exact) mass is 312 g/mol. The van der Waals surface area contributed by atoms with E-state index in [4.69, 9.17) is 5.11 Å². The van der Waals surface area contributed by atoms with Crippen molar-refractivity contribution in [1.29, 1.82) is 0 Å². The van der Waals surface area contributed by atoms with Gasteiger partial charge in [-0.2, -0.15) is 4.31 Å². The maximum absolute atomic E-state index is 11.9. The Morgan fingerprint density at radius 1 is 1.29 bits per heavy atom. The third kappa shape index (κ3) is 3.74. The van der Waals surface area contributed by atoms with Crippen LogP contribution >= 0.6 is 0 Å². The quantitative estimate of drug-likeness (QED) is 0.897. The van der Waals surface area contributed by atoms with Crippen LogP contribution in [0.1, 0.15) is 13.3 Å². The zero-order valence-corrected chi connectivity index (χ0v) is 13.0. The van der Waals surface area contributed by atoms with E-state index < -0.39 is 22.0 Å². The summed E-state index contributed by atoms with van der Waals surface area (Å²) < 4.78 is 25.2. The molecule has 6 nitrogen and oxygen atoms in total. The molecule has 116 valence electrons. The number of carboxylic acids is 1. The van der Waals surface area contributed by atoms with Gasteiger partial charge >= 0.3 is 5.97 Å². The minimum Gasteiger partial charge on any atom is -0.481 e. The van der Waals surface area contributed by atoms with Crippen molar-refractivity contribution >= 4 is 21.7 Å². The second kappa shape index (κ2) is 6.03. The molecule has 0 aliphatic carbocycles. The highest BCUT2D eigenvalue weighted by Gasteiger charge is 2.38. The molecule has 1 aliphatic rings. The van der Waals surface area contributed by atoms with E-state index >= 15 is 0 Å². The summed E-state index contributed by atoms with van der Waals surface area (Å²) in [5.74, 6) is -0.990. The van der Waals surface area contributed by atoms with Gasteiger partial charge < -0.3 is 10.0 Å². The van der Waals surface area contributed by atoms with Gasteiger partial charge in [-0.1, -0.05) is 18.2 Å². The zero-order chi connectivity index (χ0) is 15.6. The topological polar surface area (TPSA) is 77.9 Å². The van der Waals surface area contributed by atoms with Crippen molar-refractivity contribution in [3.63, 3.8) is 0 Å². The Morgan fingerprint density at radius 3 is 2.43 bits per heavy atom. The van der Waals surface area contributed by atoms with E-state index in [9.17, 15) is 13.2 Å². The van der Waals surface area contributed by atoms with Gasteiger partial charge in [-0.15, -0.1) is 0 Å². The number of anilines is 1. The summed E-state index contributed by atoms with van der Waals surface area (Å²) in [5.41, 5.74) is 0.980. The van der Waals surface area contributed by atoms with Crippen LogP contribution in [-0.4, -0.2) is 55.2 Å². The molecule has 0 unspecified atom stereocenters. The molecule has 2 atom stereocenters. The highest BCUT2D eigenvalue weighted by Crippen LogP contribution is 2.25. The molecule has 0 radical (unpaired) electrons. The van der Waals surface area contributed by atoms with Crippen molar-refractivity contribution in [3.8, 4) is 0 Å².